The third-order valence-corrected chi connectivity index (χ3v) is 5.32. The zero-order valence-corrected chi connectivity index (χ0v) is 15.6. The molecule has 1 spiro atoms. The first kappa shape index (κ1) is 17.2. The fourth-order valence-electron chi connectivity index (χ4n) is 3.69. The van der Waals surface area contributed by atoms with E-state index in [9.17, 15) is 0 Å². The van der Waals surface area contributed by atoms with Crippen LogP contribution in [0.2, 0.25) is 5.02 Å². The third kappa shape index (κ3) is 3.24. The number of nitrogens with one attached hydrogen (secondary N) is 3. The number of benzene rings is 2. The number of hydrogen-bond acceptors (Lipinski definition) is 4. The minimum absolute atomic E-state index is 0.203. The maximum Gasteiger partial charge on any atom is 0.144 e. The molecule has 0 unspecified atom stereocenters. The molecular weight excluding hydrogens is 348 g/mol. The number of nitrogens with zero attached hydrogens (tertiary/aromatic N) is 1. The van der Waals surface area contributed by atoms with E-state index in [1.54, 1.807) is 7.11 Å². The van der Waals surface area contributed by atoms with Gasteiger partial charge in [0.05, 0.1) is 24.9 Å². The molecule has 0 saturated carbocycles. The van der Waals surface area contributed by atoms with Crippen molar-refractivity contribution >= 4 is 28.8 Å². The highest BCUT2D eigenvalue weighted by atomic mass is 35.5. The second kappa shape index (κ2) is 7.17. The van der Waals surface area contributed by atoms with Gasteiger partial charge in [0.15, 0.2) is 0 Å². The van der Waals surface area contributed by atoms with Gasteiger partial charge in [0.1, 0.15) is 17.3 Å². The molecule has 136 valence electrons. The standard InChI is InChI=1S/C20H23ClN4O/c1-26-17-7-3-6-16-18(17)25-20(8-10-22-11-9-20)19(24-16)23-13-14-4-2-5-15(21)12-14/h2-7,12,22,25H,8-11,13H2,1H3,(H,23,24). The summed E-state index contributed by atoms with van der Waals surface area (Å²) in [6.45, 7) is 2.50. The summed E-state index contributed by atoms with van der Waals surface area (Å²) >= 11 is 6.11. The molecule has 2 aromatic carbocycles. The molecule has 4 rings (SSSR count). The monoisotopic (exact) mass is 370 g/mol. The summed E-state index contributed by atoms with van der Waals surface area (Å²) in [5.41, 5.74) is 2.91. The van der Waals surface area contributed by atoms with Crippen molar-refractivity contribution < 1.29 is 4.74 Å². The molecule has 0 aromatic heterocycles. The molecule has 0 bridgehead atoms. The number of fused-ring (bicyclic) bond motifs is 1. The Morgan fingerprint density at radius 3 is 2.73 bits per heavy atom. The molecule has 2 heterocycles. The van der Waals surface area contributed by atoms with Gasteiger partial charge in [0.25, 0.3) is 0 Å². The highest BCUT2D eigenvalue weighted by Gasteiger charge is 2.41. The van der Waals surface area contributed by atoms with Gasteiger partial charge in [0.2, 0.25) is 0 Å². The van der Waals surface area contributed by atoms with E-state index in [0.717, 1.165) is 59.5 Å². The van der Waals surface area contributed by atoms with Crippen LogP contribution in [0.4, 0.5) is 11.4 Å². The summed E-state index contributed by atoms with van der Waals surface area (Å²) in [7, 11) is 1.70. The summed E-state index contributed by atoms with van der Waals surface area (Å²) in [6, 6.07) is 13.9. The van der Waals surface area contributed by atoms with Gasteiger partial charge < -0.3 is 20.7 Å². The van der Waals surface area contributed by atoms with Crippen molar-refractivity contribution in [3.63, 3.8) is 0 Å². The van der Waals surface area contributed by atoms with Gasteiger partial charge in [-0.25, -0.2) is 0 Å². The van der Waals surface area contributed by atoms with Crippen LogP contribution in [0.3, 0.4) is 0 Å². The van der Waals surface area contributed by atoms with E-state index in [-0.39, 0.29) is 5.54 Å². The van der Waals surface area contributed by atoms with Crippen LogP contribution in [0.15, 0.2) is 47.5 Å². The Balaban J connectivity index is 1.70. The molecule has 0 aliphatic carbocycles. The van der Waals surface area contributed by atoms with Crippen molar-refractivity contribution in [3.8, 4) is 5.75 Å². The van der Waals surface area contributed by atoms with E-state index < -0.39 is 0 Å². The number of anilines is 2. The summed E-state index contributed by atoms with van der Waals surface area (Å²) in [6.07, 6.45) is 1.93. The first-order valence-corrected chi connectivity index (χ1v) is 9.30. The number of halogens is 1. The lowest BCUT2D eigenvalue weighted by Crippen LogP contribution is -2.57. The Bertz CT molecular complexity index is 830. The number of para-hydroxylation sites is 1. The SMILES string of the molecule is COc1cccc2c1NC1(CCNCC1)C(=NCc1cccc(Cl)c1)N2. The lowest BCUT2D eigenvalue weighted by atomic mass is 9.84. The Hall–Kier alpha value is -2.24. The quantitative estimate of drug-likeness (QED) is 0.766. The maximum absolute atomic E-state index is 6.11. The molecule has 2 aliphatic heterocycles. The topological polar surface area (TPSA) is 57.7 Å². The van der Waals surface area contributed by atoms with Crippen LogP contribution in [-0.2, 0) is 6.54 Å². The van der Waals surface area contributed by atoms with Crippen LogP contribution in [0.25, 0.3) is 0 Å². The van der Waals surface area contributed by atoms with E-state index in [2.05, 4.69) is 22.0 Å². The van der Waals surface area contributed by atoms with Gasteiger partial charge in [-0.2, -0.15) is 0 Å². The molecule has 3 N–H and O–H groups in total. The Kier molecular flexibility index (Phi) is 4.74. The molecule has 0 radical (unpaired) electrons. The Morgan fingerprint density at radius 1 is 1.15 bits per heavy atom. The van der Waals surface area contributed by atoms with Crippen molar-refractivity contribution in [3.05, 3.63) is 53.1 Å². The molecule has 2 aliphatic rings. The van der Waals surface area contributed by atoms with E-state index >= 15 is 0 Å². The molecule has 5 nitrogen and oxygen atoms in total. The number of ether oxygens (including phenoxy) is 1. The van der Waals surface area contributed by atoms with Gasteiger partial charge in [-0.05, 0) is 55.8 Å². The third-order valence-electron chi connectivity index (χ3n) is 5.08. The Labute approximate surface area is 158 Å². The van der Waals surface area contributed by atoms with Crippen LogP contribution in [0.5, 0.6) is 5.75 Å². The number of rotatable bonds is 3. The highest BCUT2D eigenvalue weighted by molar-refractivity contribution is 6.30. The largest absolute Gasteiger partial charge is 0.495 e. The number of amidine groups is 1. The van der Waals surface area contributed by atoms with Crippen LogP contribution in [0, 0.1) is 0 Å². The minimum Gasteiger partial charge on any atom is -0.495 e. The molecule has 6 heteroatoms. The zero-order valence-electron chi connectivity index (χ0n) is 14.8. The summed E-state index contributed by atoms with van der Waals surface area (Å²) in [5, 5.41) is 11.5. The van der Waals surface area contributed by atoms with E-state index in [1.807, 2.05) is 36.4 Å². The molecule has 0 atom stereocenters. The summed E-state index contributed by atoms with van der Waals surface area (Å²) in [4.78, 5) is 4.94. The van der Waals surface area contributed by atoms with E-state index in [1.165, 1.54) is 0 Å². The average Bonchev–Trinajstić information content (AvgIpc) is 2.67. The van der Waals surface area contributed by atoms with Gasteiger partial charge in [-0.3, -0.25) is 4.99 Å². The van der Waals surface area contributed by atoms with Crippen LogP contribution in [-0.4, -0.2) is 31.6 Å². The number of hydrogen-bond donors (Lipinski definition) is 3. The normalized spacial score (nSPS) is 19.5. The molecule has 2 aromatic rings. The van der Waals surface area contributed by atoms with Crippen molar-refractivity contribution in [2.45, 2.75) is 24.9 Å². The van der Waals surface area contributed by atoms with Crippen LogP contribution in [0.1, 0.15) is 18.4 Å². The predicted octanol–water partition coefficient (Wildman–Crippen LogP) is 3.91. The average molecular weight is 371 g/mol. The second-order valence-electron chi connectivity index (χ2n) is 6.76. The summed E-state index contributed by atoms with van der Waals surface area (Å²) in [5.74, 6) is 1.83. The molecule has 1 fully saturated rings. The predicted molar refractivity (Wildman–Crippen MR) is 108 cm³/mol. The van der Waals surface area contributed by atoms with Gasteiger partial charge in [0, 0.05) is 5.02 Å². The lowest BCUT2D eigenvalue weighted by molar-refractivity contribution is 0.402. The van der Waals surface area contributed by atoms with Crippen molar-refractivity contribution in [2.24, 2.45) is 4.99 Å². The van der Waals surface area contributed by atoms with Crippen molar-refractivity contribution in [1.82, 2.24) is 5.32 Å². The van der Waals surface area contributed by atoms with Gasteiger partial charge in [-0.15, -0.1) is 0 Å². The second-order valence-corrected chi connectivity index (χ2v) is 7.20. The number of aliphatic imine (C=N–C) groups is 1. The fourth-order valence-corrected chi connectivity index (χ4v) is 3.90. The number of piperidine rings is 1. The molecule has 0 amide bonds. The molecule has 26 heavy (non-hydrogen) atoms. The Morgan fingerprint density at radius 2 is 1.96 bits per heavy atom. The van der Waals surface area contributed by atoms with Crippen LogP contribution >= 0.6 is 11.6 Å². The van der Waals surface area contributed by atoms with E-state index in [0.29, 0.717) is 6.54 Å². The summed E-state index contributed by atoms with van der Waals surface area (Å²) < 4.78 is 5.55. The van der Waals surface area contributed by atoms with Crippen molar-refractivity contribution in [2.75, 3.05) is 30.8 Å². The zero-order chi connectivity index (χ0) is 18.0. The number of methoxy groups -OCH3 is 1. The first-order chi connectivity index (χ1) is 12.7. The van der Waals surface area contributed by atoms with Gasteiger partial charge >= 0.3 is 0 Å². The molecule has 1 saturated heterocycles. The van der Waals surface area contributed by atoms with Crippen LogP contribution < -0.4 is 20.7 Å². The minimum atomic E-state index is -0.203. The van der Waals surface area contributed by atoms with Crippen molar-refractivity contribution in [1.29, 1.82) is 0 Å². The van der Waals surface area contributed by atoms with E-state index in [4.69, 9.17) is 21.3 Å². The lowest BCUT2D eigenvalue weighted by Gasteiger charge is -2.44. The fraction of sp³-hybridized carbons (Fsp3) is 0.350. The van der Waals surface area contributed by atoms with Gasteiger partial charge in [-0.1, -0.05) is 29.8 Å². The maximum atomic E-state index is 6.11. The smallest absolute Gasteiger partial charge is 0.144 e. The highest BCUT2D eigenvalue weighted by Crippen LogP contribution is 2.41. The first-order valence-electron chi connectivity index (χ1n) is 8.92. The molecular formula is C20H23ClN4O.